The summed E-state index contributed by atoms with van der Waals surface area (Å²) < 4.78 is 15.9. The van der Waals surface area contributed by atoms with Crippen LogP contribution in [0.1, 0.15) is 86.3 Å². The molecule has 1 heterocycles. The summed E-state index contributed by atoms with van der Waals surface area (Å²) in [5.74, 6) is -2.32. The molecule has 0 radical (unpaired) electrons. The van der Waals surface area contributed by atoms with Crippen LogP contribution in [0.3, 0.4) is 0 Å². The van der Waals surface area contributed by atoms with Crippen LogP contribution in [0.4, 0.5) is 14.4 Å². The summed E-state index contributed by atoms with van der Waals surface area (Å²) in [6, 6.07) is 8.20. The molecule has 58 heavy (non-hydrogen) atoms. The molecule has 1 aliphatic heterocycles. The highest BCUT2D eigenvalue weighted by Gasteiger charge is 2.32. The van der Waals surface area contributed by atoms with Crippen LogP contribution >= 0.6 is 0 Å². The predicted octanol–water partition coefficient (Wildman–Crippen LogP) is 3.33. The molecule has 3 rings (SSSR count). The maximum atomic E-state index is 14.1. The first kappa shape index (κ1) is 46.8. The number of phenols is 1. The first-order valence-corrected chi connectivity index (χ1v) is 19.3. The first-order valence-electron chi connectivity index (χ1n) is 19.3. The third-order valence-corrected chi connectivity index (χ3v) is 8.21. The third-order valence-electron chi connectivity index (χ3n) is 8.21. The molecule has 1 aliphatic rings. The van der Waals surface area contributed by atoms with Gasteiger partial charge in [-0.15, -0.1) is 0 Å². The fourth-order valence-corrected chi connectivity index (χ4v) is 5.68. The van der Waals surface area contributed by atoms with E-state index in [1.54, 1.807) is 86.6 Å². The largest absolute Gasteiger partial charge is 0.508 e. The minimum atomic E-state index is -1.34. The molecule has 4 bridgehead atoms. The molecular weight excluding hydrogens is 752 g/mol. The van der Waals surface area contributed by atoms with Gasteiger partial charge in [0.1, 0.15) is 40.7 Å². The van der Waals surface area contributed by atoms with E-state index in [2.05, 4.69) is 31.9 Å². The van der Waals surface area contributed by atoms with Crippen LogP contribution in [0.2, 0.25) is 0 Å². The first-order chi connectivity index (χ1) is 26.9. The van der Waals surface area contributed by atoms with Crippen LogP contribution in [0, 0.1) is 0 Å². The van der Waals surface area contributed by atoms with Crippen molar-refractivity contribution < 1.29 is 53.2 Å². The number of hydrogen-bond acceptors (Lipinski definition) is 11. The number of fused-ring (bicyclic) bond motifs is 5. The van der Waals surface area contributed by atoms with Crippen LogP contribution in [0.25, 0.3) is 11.1 Å². The van der Waals surface area contributed by atoms with E-state index in [-0.39, 0.29) is 51.1 Å². The smallest absolute Gasteiger partial charge is 0.408 e. The Hall–Kier alpha value is -5.58. The fourth-order valence-electron chi connectivity index (χ4n) is 5.68. The van der Waals surface area contributed by atoms with E-state index in [4.69, 9.17) is 14.2 Å². The zero-order valence-corrected chi connectivity index (χ0v) is 34.9. The molecule has 1 unspecified atom stereocenters. The van der Waals surface area contributed by atoms with Crippen molar-refractivity contribution in [1.82, 2.24) is 31.9 Å². The van der Waals surface area contributed by atoms with Crippen LogP contribution in [0.5, 0.6) is 5.75 Å². The van der Waals surface area contributed by atoms with Gasteiger partial charge in [0.25, 0.3) is 0 Å². The zero-order valence-electron chi connectivity index (χ0n) is 34.9. The number of ether oxygens (including phenoxy) is 3. The average molecular weight is 813 g/mol. The van der Waals surface area contributed by atoms with Crippen LogP contribution < -0.4 is 31.9 Å². The van der Waals surface area contributed by atoms with Crippen molar-refractivity contribution in [3.63, 3.8) is 0 Å². The molecule has 0 fully saturated rings. The molecule has 320 valence electrons. The van der Waals surface area contributed by atoms with E-state index in [0.717, 1.165) is 0 Å². The second kappa shape index (κ2) is 20.2. The number of benzene rings is 2. The van der Waals surface area contributed by atoms with Crippen molar-refractivity contribution in [2.75, 3.05) is 19.6 Å². The van der Waals surface area contributed by atoms with Crippen molar-refractivity contribution in [2.24, 2.45) is 0 Å². The second-order valence-corrected chi connectivity index (χ2v) is 17.1. The number of aliphatic hydroxyl groups is 1. The molecule has 8 N–H and O–H groups in total. The molecule has 17 nitrogen and oxygen atoms in total. The zero-order chi connectivity index (χ0) is 43.4. The lowest BCUT2D eigenvalue weighted by molar-refractivity contribution is -0.132. The van der Waals surface area contributed by atoms with Crippen molar-refractivity contribution >= 4 is 36.0 Å². The van der Waals surface area contributed by atoms with Gasteiger partial charge in [-0.2, -0.15) is 0 Å². The number of phenolic OH excluding ortho intramolecular Hbond substituents is 1. The molecule has 2 aromatic carbocycles. The van der Waals surface area contributed by atoms with Gasteiger partial charge in [-0.3, -0.25) is 14.4 Å². The summed E-state index contributed by atoms with van der Waals surface area (Å²) in [5.41, 5.74) is -0.0467. The number of nitrogens with one attached hydrogen (secondary N) is 6. The quantitative estimate of drug-likeness (QED) is 0.128. The standard InChI is InChI=1S/C41H60N6O11/c1-39(2,3)56-36(53)42-17-11-14-29-34(51)46-30(33(50)43-22-28(48)23-44-37(54)57-40(4,5)6)19-24-12-10-13-25(18-24)26-15-16-32(49)27(20-26)21-31(35(52)45-29)47-38(55)58-41(7,8)9/h10,12-13,15-16,18,20,28-31,48-49H,11,14,17,19,21-23H2,1-9H3,(H,42,53)(H,43,50)(H,44,54)(H,45,52)(H,46,51)(H,47,55)/t28?,29-,30-,31-/m0/s1. The van der Waals surface area contributed by atoms with Crippen LogP contribution in [-0.2, 0) is 41.4 Å². The second-order valence-electron chi connectivity index (χ2n) is 17.1. The van der Waals surface area contributed by atoms with Gasteiger partial charge in [-0.05, 0) is 110 Å². The Kier molecular flexibility index (Phi) is 16.3. The number of carbonyl (C=O) groups excluding carboxylic acids is 6. The maximum absolute atomic E-state index is 14.1. The van der Waals surface area contributed by atoms with E-state index in [9.17, 15) is 39.0 Å². The van der Waals surface area contributed by atoms with Crippen molar-refractivity contribution in [2.45, 2.75) is 129 Å². The molecule has 0 aromatic heterocycles. The Balaban J connectivity index is 1.97. The SMILES string of the molecule is CC(C)(C)OC(=O)NCCC[C@@H]1NC(=O)[C@@H](NC(=O)OC(C)(C)C)Cc2cc(ccc2O)-c2cccc(c2)C[C@@H](C(=O)NCC(O)CNC(=O)OC(C)(C)C)NC1=O. The summed E-state index contributed by atoms with van der Waals surface area (Å²) in [6.45, 7) is 14.8. The lowest BCUT2D eigenvalue weighted by atomic mass is 9.96. The Morgan fingerprint density at radius 3 is 1.97 bits per heavy atom. The lowest BCUT2D eigenvalue weighted by Gasteiger charge is -2.27. The van der Waals surface area contributed by atoms with E-state index < -0.39 is 77.0 Å². The highest BCUT2D eigenvalue weighted by atomic mass is 16.6. The number of aromatic hydroxyl groups is 1. The van der Waals surface area contributed by atoms with Gasteiger partial charge in [-0.1, -0.05) is 30.3 Å². The number of carbonyl (C=O) groups is 6. The highest BCUT2D eigenvalue weighted by molar-refractivity contribution is 5.94. The summed E-state index contributed by atoms with van der Waals surface area (Å²) in [4.78, 5) is 79.3. The molecule has 0 spiro atoms. The van der Waals surface area contributed by atoms with Gasteiger partial charge in [0.15, 0.2) is 0 Å². The third kappa shape index (κ3) is 16.9. The predicted molar refractivity (Wildman–Crippen MR) is 215 cm³/mol. The van der Waals surface area contributed by atoms with E-state index in [0.29, 0.717) is 22.3 Å². The number of rotatable bonds is 10. The van der Waals surface area contributed by atoms with Crippen molar-refractivity contribution in [3.8, 4) is 16.9 Å². The number of amides is 6. The summed E-state index contributed by atoms with van der Waals surface area (Å²) in [6.07, 6.45) is -3.56. The van der Waals surface area contributed by atoms with Crippen LogP contribution in [0.15, 0.2) is 42.5 Å². The summed E-state index contributed by atoms with van der Waals surface area (Å²) in [7, 11) is 0. The topological polar surface area (TPSA) is 243 Å². The molecule has 0 aliphatic carbocycles. The Labute approximate surface area is 339 Å². The molecule has 6 amide bonds. The van der Waals surface area contributed by atoms with Gasteiger partial charge < -0.3 is 56.3 Å². The minimum Gasteiger partial charge on any atom is -0.508 e. The van der Waals surface area contributed by atoms with E-state index in [1.165, 1.54) is 6.07 Å². The number of alkyl carbamates (subject to hydrolysis) is 3. The minimum absolute atomic E-state index is 0.00764. The van der Waals surface area contributed by atoms with E-state index >= 15 is 0 Å². The van der Waals surface area contributed by atoms with Crippen LogP contribution in [-0.4, -0.2) is 107 Å². The fraction of sp³-hybridized carbons (Fsp3) is 0.561. The Morgan fingerprint density at radius 2 is 1.33 bits per heavy atom. The van der Waals surface area contributed by atoms with Gasteiger partial charge in [-0.25, -0.2) is 14.4 Å². The normalized spacial score (nSPS) is 18.1. The maximum Gasteiger partial charge on any atom is 0.408 e. The van der Waals surface area contributed by atoms with Gasteiger partial charge in [0.05, 0.1) is 6.10 Å². The molecule has 0 saturated heterocycles. The average Bonchev–Trinajstić information content (AvgIpc) is 3.08. The van der Waals surface area contributed by atoms with Gasteiger partial charge in [0.2, 0.25) is 17.7 Å². The molecule has 17 heteroatoms. The van der Waals surface area contributed by atoms with Gasteiger partial charge in [0, 0.05) is 32.5 Å². The molecular formula is C41H60N6O11. The lowest BCUT2D eigenvalue weighted by Crippen LogP contribution is -2.58. The number of hydrogen-bond donors (Lipinski definition) is 8. The Morgan fingerprint density at radius 1 is 0.741 bits per heavy atom. The summed E-state index contributed by atoms with van der Waals surface area (Å²) >= 11 is 0. The van der Waals surface area contributed by atoms with E-state index in [1.807, 2.05) is 12.1 Å². The molecule has 4 atom stereocenters. The van der Waals surface area contributed by atoms with Crippen molar-refractivity contribution in [3.05, 3.63) is 53.6 Å². The molecule has 2 aromatic rings. The molecule has 0 saturated carbocycles. The van der Waals surface area contributed by atoms with Gasteiger partial charge >= 0.3 is 18.3 Å². The highest BCUT2D eigenvalue weighted by Crippen LogP contribution is 2.28. The summed E-state index contributed by atoms with van der Waals surface area (Å²) in [5, 5.41) is 37.2. The number of aliphatic hydroxyl groups excluding tert-OH is 1. The monoisotopic (exact) mass is 812 g/mol. The Bertz CT molecular complexity index is 1780. The van der Waals surface area contributed by atoms with Crippen molar-refractivity contribution in [1.29, 1.82) is 0 Å².